The molecule has 0 radical (unpaired) electrons. The second-order valence-electron chi connectivity index (χ2n) is 11.3. The summed E-state index contributed by atoms with van der Waals surface area (Å²) in [6.45, 7) is 10.1. The molecule has 0 spiro atoms. The van der Waals surface area contributed by atoms with Gasteiger partial charge in [0.05, 0.1) is 24.0 Å². The lowest BCUT2D eigenvalue weighted by atomic mass is 9.62. The summed E-state index contributed by atoms with van der Waals surface area (Å²) in [4.78, 5) is 48.3. The number of piperidine rings is 1. The quantitative estimate of drug-likeness (QED) is 0.222. The van der Waals surface area contributed by atoms with E-state index in [1.165, 1.54) is 6.92 Å². The van der Waals surface area contributed by atoms with Crippen LogP contribution in [-0.4, -0.2) is 85.2 Å². The lowest BCUT2D eigenvalue weighted by molar-refractivity contribution is -0.132. The van der Waals surface area contributed by atoms with Crippen molar-refractivity contribution >= 4 is 35.5 Å². The Labute approximate surface area is 235 Å². The Morgan fingerprint density at radius 1 is 1.23 bits per heavy atom. The number of Topliss-reactive ketones (excluding diaryl/α,β-unsaturated/α-hetero) is 1. The summed E-state index contributed by atoms with van der Waals surface area (Å²) in [5.74, 6) is 0.589. The number of carbonyl (C=O) groups is 2. The van der Waals surface area contributed by atoms with E-state index in [4.69, 9.17) is 0 Å². The van der Waals surface area contributed by atoms with E-state index in [-0.39, 0.29) is 35.6 Å². The minimum absolute atomic E-state index is 0.0110. The molecule has 3 aromatic rings. The minimum Gasteiger partial charge on any atom is -0.342 e. The molecule has 1 aliphatic heterocycles. The zero-order valence-corrected chi connectivity index (χ0v) is 23.8. The first-order chi connectivity index (χ1) is 19.1. The van der Waals surface area contributed by atoms with Gasteiger partial charge in [-0.05, 0) is 45.3 Å². The smallest absolute Gasteiger partial charge is 0.244 e. The number of hydrogen-bond acceptors (Lipinski definition) is 8. The van der Waals surface area contributed by atoms with Crippen molar-refractivity contribution in [1.29, 1.82) is 0 Å². The molecule has 11 heteroatoms. The predicted octanol–water partition coefficient (Wildman–Crippen LogP) is 3.04. The SMILES string of the molecule is C=C/N=C(B[C@@H]1C[C@@]2(C)C[C@H]2N1C(=O)Cn1nc(C(C)=O)c2cc(-c3cnc(CN(C)C)nc3)ncc21)\C=C/C. The van der Waals surface area contributed by atoms with Crippen LogP contribution in [0.25, 0.3) is 22.2 Å². The van der Waals surface area contributed by atoms with Gasteiger partial charge >= 0.3 is 0 Å². The molecule has 0 N–H and O–H groups in total. The first-order valence-electron chi connectivity index (χ1n) is 13.6. The highest BCUT2D eigenvalue weighted by atomic mass is 16.2. The number of carbonyl (C=O) groups excluding carboxylic acids is 2. The van der Waals surface area contributed by atoms with Gasteiger partial charge in [-0.15, -0.1) is 0 Å². The van der Waals surface area contributed by atoms with Gasteiger partial charge in [-0.2, -0.15) is 5.10 Å². The molecule has 10 nitrogen and oxygen atoms in total. The molecular weight excluding hydrogens is 503 g/mol. The molecule has 40 heavy (non-hydrogen) atoms. The van der Waals surface area contributed by atoms with Gasteiger partial charge in [-0.25, -0.2) is 9.97 Å². The summed E-state index contributed by atoms with van der Waals surface area (Å²) in [5.41, 5.74) is 3.40. The second kappa shape index (κ2) is 10.9. The van der Waals surface area contributed by atoms with E-state index in [1.807, 2.05) is 49.0 Å². The van der Waals surface area contributed by atoms with E-state index in [0.717, 1.165) is 24.0 Å². The third-order valence-corrected chi connectivity index (χ3v) is 7.80. The van der Waals surface area contributed by atoms with Crippen LogP contribution in [-0.2, 0) is 17.9 Å². The average Bonchev–Trinajstić information content (AvgIpc) is 3.27. The van der Waals surface area contributed by atoms with Gasteiger partial charge in [0.1, 0.15) is 18.1 Å². The first-order valence-corrected chi connectivity index (χ1v) is 13.6. The predicted molar refractivity (Wildman–Crippen MR) is 157 cm³/mol. The first kappa shape index (κ1) is 27.6. The molecule has 1 saturated heterocycles. The van der Waals surface area contributed by atoms with E-state index in [0.29, 0.717) is 41.9 Å². The molecule has 3 aromatic heterocycles. The molecule has 5 rings (SSSR count). The van der Waals surface area contributed by atoms with Gasteiger partial charge in [-0.1, -0.05) is 25.7 Å². The minimum atomic E-state index is -0.170. The second-order valence-corrected chi connectivity index (χ2v) is 11.3. The number of fused-ring (bicyclic) bond motifs is 2. The van der Waals surface area contributed by atoms with Crippen LogP contribution in [0.5, 0.6) is 0 Å². The number of pyridine rings is 1. The van der Waals surface area contributed by atoms with Crippen molar-refractivity contribution in [3.63, 3.8) is 0 Å². The Bertz CT molecular complexity index is 1530. The number of allylic oxidation sites excluding steroid dienone is 2. The van der Waals surface area contributed by atoms with Gasteiger partial charge in [0.2, 0.25) is 13.2 Å². The zero-order valence-electron chi connectivity index (χ0n) is 23.8. The maximum Gasteiger partial charge on any atom is 0.244 e. The molecule has 3 atom stereocenters. The summed E-state index contributed by atoms with van der Waals surface area (Å²) in [5, 5.41) is 5.24. The summed E-state index contributed by atoms with van der Waals surface area (Å²) < 4.78 is 1.61. The number of ketones is 1. The zero-order chi connectivity index (χ0) is 28.6. The topological polar surface area (TPSA) is 109 Å². The molecule has 4 heterocycles. The van der Waals surface area contributed by atoms with Gasteiger partial charge < -0.3 is 9.80 Å². The molecule has 0 bridgehead atoms. The Morgan fingerprint density at radius 2 is 1.98 bits per heavy atom. The van der Waals surface area contributed by atoms with Crippen molar-refractivity contribution in [2.75, 3.05) is 14.1 Å². The number of hydrogen-bond donors (Lipinski definition) is 0. The Morgan fingerprint density at radius 3 is 2.62 bits per heavy atom. The third-order valence-electron chi connectivity index (χ3n) is 7.80. The van der Waals surface area contributed by atoms with E-state index in [1.54, 1.807) is 29.5 Å². The fourth-order valence-electron chi connectivity index (χ4n) is 5.86. The highest BCUT2D eigenvalue weighted by Gasteiger charge is 2.62. The number of aliphatic imine (C=N–C) groups is 1. The van der Waals surface area contributed by atoms with Crippen molar-refractivity contribution in [3.05, 3.63) is 61.1 Å². The van der Waals surface area contributed by atoms with Gasteiger partial charge in [0.25, 0.3) is 0 Å². The molecule has 206 valence electrons. The van der Waals surface area contributed by atoms with Crippen molar-refractivity contribution in [2.24, 2.45) is 10.4 Å². The molecule has 0 aromatic carbocycles. The molecule has 0 unspecified atom stereocenters. The highest BCUT2D eigenvalue weighted by molar-refractivity contribution is 6.79. The third kappa shape index (κ3) is 5.38. The number of nitrogens with zero attached hydrogens (tertiary/aromatic N) is 8. The molecule has 1 saturated carbocycles. The van der Waals surface area contributed by atoms with Crippen LogP contribution in [0.15, 0.2) is 54.6 Å². The lowest BCUT2D eigenvalue weighted by Crippen LogP contribution is -2.45. The molecular formula is C29H35BN8O2. The van der Waals surface area contributed by atoms with E-state index < -0.39 is 0 Å². The number of amides is 1. The Kier molecular flexibility index (Phi) is 7.50. The summed E-state index contributed by atoms with van der Waals surface area (Å²) in [6, 6.07) is 2.05. The summed E-state index contributed by atoms with van der Waals surface area (Å²) in [6.07, 6.45) is 12.6. The van der Waals surface area contributed by atoms with Crippen LogP contribution in [0.4, 0.5) is 0 Å². The summed E-state index contributed by atoms with van der Waals surface area (Å²) >= 11 is 0. The van der Waals surface area contributed by atoms with E-state index in [2.05, 4.69) is 38.5 Å². The van der Waals surface area contributed by atoms with Crippen molar-refractivity contribution in [2.45, 2.75) is 58.7 Å². The average molecular weight is 538 g/mol. The number of aromatic nitrogens is 5. The van der Waals surface area contributed by atoms with Crippen LogP contribution in [0, 0.1) is 5.41 Å². The standard InChI is InChI=1S/C29H35BN8O2/c1-7-9-24(31-8-2)30-25-12-29(4)11-23(29)38(25)27(40)17-37-22-15-32-21(10-20(22)28(35-37)18(3)39)19-13-33-26(34-14-19)16-36(5)6/h7-10,13-15,23,25,30H,2,11-12,16-17H2,1,3-6H3/b9-7-,31-24+/t23-,25+,29-/m1/s1. The van der Waals surface area contributed by atoms with Crippen molar-refractivity contribution in [1.82, 2.24) is 34.5 Å². The van der Waals surface area contributed by atoms with Crippen LogP contribution < -0.4 is 0 Å². The highest BCUT2D eigenvalue weighted by Crippen LogP contribution is 2.59. The Balaban J connectivity index is 1.42. The molecule has 2 fully saturated rings. The maximum absolute atomic E-state index is 13.8. The van der Waals surface area contributed by atoms with Gasteiger partial charge in [-0.3, -0.25) is 24.2 Å². The number of likely N-dealkylation sites (tertiary alicyclic amines) is 1. The fraction of sp³-hybridized carbons (Fsp3) is 0.414. The Hall–Kier alpha value is -3.99. The molecule has 1 aliphatic carbocycles. The molecule has 2 aliphatic rings. The normalized spacial score (nSPS) is 22.2. The van der Waals surface area contributed by atoms with Crippen molar-refractivity contribution < 1.29 is 9.59 Å². The van der Waals surface area contributed by atoms with E-state index in [9.17, 15) is 9.59 Å². The largest absolute Gasteiger partial charge is 0.342 e. The van der Waals surface area contributed by atoms with E-state index >= 15 is 0 Å². The van der Waals surface area contributed by atoms with Crippen LogP contribution in [0.2, 0.25) is 0 Å². The van der Waals surface area contributed by atoms with Gasteiger partial charge in [0, 0.05) is 54.1 Å². The van der Waals surface area contributed by atoms with Crippen molar-refractivity contribution in [3.8, 4) is 11.3 Å². The monoisotopic (exact) mass is 538 g/mol. The van der Waals surface area contributed by atoms with Crippen LogP contribution in [0.1, 0.15) is 49.9 Å². The van der Waals surface area contributed by atoms with Gasteiger partial charge in [0.15, 0.2) is 5.78 Å². The maximum atomic E-state index is 13.8. The van der Waals surface area contributed by atoms with Crippen LogP contribution >= 0.6 is 0 Å². The van der Waals surface area contributed by atoms with Crippen LogP contribution in [0.3, 0.4) is 0 Å². The summed E-state index contributed by atoms with van der Waals surface area (Å²) in [7, 11) is 4.60. The molecule has 1 amide bonds. The fourth-order valence-corrected chi connectivity index (χ4v) is 5.86. The number of rotatable bonds is 10. The lowest BCUT2D eigenvalue weighted by Gasteiger charge is -2.27.